The quantitative estimate of drug-likeness (QED) is 0.557. The summed E-state index contributed by atoms with van der Waals surface area (Å²) in [7, 11) is 1.77. The maximum Gasteiger partial charge on any atom is 0.123 e. The molecule has 1 saturated heterocycles. The number of aromatic nitrogens is 1. The van der Waals surface area contributed by atoms with Crippen LogP contribution in [0.1, 0.15) is 61.5 Å². The third-order valence-electron chi connectivity index (χ3n) is 7.44. The second-order valence-electron chi connectivity index (χ2n) is 8.99. The minimum atomic E-state index is -0.144. The summed E-state index contributed by atoms with van der Waals surface area (Å²) in [6.07, 6.45) is 9.40. The number of halogens is 1. The molecule has 0 unspecified atom stereocenters. The number of nitrogens with zero attached hydrogens (tertiary/aromatic N) is 1. The van der Waals surface area contributed by atoms with Crippen molar-refractivity contribution in [3.63, 3.8) is 0 Å². The molecule has 3 aromatic rings. The van der Waals surface area contributed by atoms with E-state index >= 15 is 0 Å². The van der Waals surface area contributed by atoms with Gasteiger partial charge in [0.2, 0.25) is 0 Å². The van der Waals surface area contributed by atoms with Crippen molar-refractivity contribution in [2.45, 2.75) is 56.4 Å². The summed E-state index contributed by atoms with van der Waals surface area (Å²) in [6.45, 7) is 2.35. The lowest BCUT2D eigenvalue weighted by molar-refractivity contribution is 0.116. The molecule has 5 rings (SSSR count). The van der Waals surface area contributed by atoms with Crippen molar-refractivity contribution in [2.24, 2.45) is 0 Å². The van der Waals surface area contributed by atoms with E-state index in [0.29, 0.717) is 17.9 Å². The van der Waals surface area contributed by atoms with Gasteiger partial charge in [0.05, 0.1) is 7.11 Å². The highest BCUT2D eigenvalue weighted by Gasteiger charge is 2.31. The van der Waals surface area contributed by atoms with Crippen LogP contribution >= 0.6 is 0 Å². The molecule has 0 amide bonds. The predicted molar refractivity (Wildman–Crippen MR) is 120 cm³/mol. The van der Waals surface area contributed by atoms with E-state index in [1.165, 1.54) is 68.8 Å². The summed E-state index contributed by atoms with van der Waals surface area (Å²) in [6, 6.07) is 14.3. The van der Waals surface area contributed by atoms with Gasteiger partial charge in [-0.25, -0.2) is 4.39 Å². The fraction of sp³-hybridized carbons (Fsp3) is 0.462. The fourth-order valence-corrected chi connectivity index (χ4v) is 5.78. The molecule has 4 heteroatoms. The van der Waals surface area contributed by atoms with Crippen LogP contribution in [0.3, 0.4) is 0 Å². The first-order valence-corrected chi connectivity index (χ1v) is 11.4. The average Bonchev–Trinajstić information content (AvgIpc) is 3.22. The number of nitrogens with one attached hydrogen (secondary N) is 1. The Hall–Kier alpha value is -2.33. The molecule has 2 fully saturated rings. The van der Waals surface area contributed by atoms with Gasteiger partial charge in [0.25, 0.3) is 0 Å². The fourth-order valence-electron chi connectivity index (χ4n) is 5.78. The number of benzene rings is 2. The molecule has 0 atom stereocenters. The number of likely N-dealkylation sites (tertiary alicyclic amines) is 1. The standard InChI is InChI=1S/C26H31FN2O/c1-30-26-5-3-2-4-22(26)19-12-14-29(15-13-19)21-9-6-18(7-10-21)24-17-28-25-11-8-20(27)16-23(24)25/h2-5,8,11,16-19,21,28H,6-7,9-10,12-15H2,1H3. The van der Waals surface area contributed by atoms with E-state index in [0.717, 1.165) is 16.7 Å². The normalized spacial score (nSPS) is 23.7. The van der Waals surface area contributed by atoms with E-state index in [4.69, 9.17) is 4.74 Å². The van der Waals surface area contributed by atoms with Crippen molar-refractivity contribution in [3.05, 3.63) is 65.6 Å². The van der Waals surface area contributed by atoms with Crippen LogP contribution in [-0.2, 0) is 0 Å². The van der Waals surface area contributed by atoms with E-state index < -0.39 is 0 Å². The first kappa shape index (κ1) is 19.6. The molecular weight excluding hydrogens is 375 g/mol. The molecule has 3 nitrogen and oxygen atoms in total. The molecule has 1 aliphatic heterocycles. The highest BCUT2D eigenvalue weighted by Crippen LogP contribution is 2.40. The van der Waals surface area contributed by atoms with Gasteiger partial charge in [-0.15, -0.1) is 0 Å². The van der Waals surface area contributed by atoms with Crippen LogP contribution in [0.5, 0.6) is 5.75 Å². The largest absolute Gasteiger partial charge is 0.496 e. The number of aromatic amines is 1. The van der Waals surface area contributed by atoms with Gasteiger partial charge in [-0.05, 0) is 98.8 Å². The highest BCUT2D eigenvalue weighted by molar-refractivity contribution is 5.83. The summed E-state index contributed by atoms with van der Waals surface area (Å²) < 4.78 is 19.3. The molecule has 158 valence electrons. The molecule has 1 aliphatic carbocycles. The Morgan fingerprint density at radius 2 is 1.63 bits per heavy atom. The third-order valence-corrected chi connectivity index (χ3v) is 7.44. The minimum absolute atomic E-state index is 0.144. The maximum absolute atomic E-state index is 13.7. The third kappa shape index (κ3) is 3.74. The Kier molecular flexibility index (Phi) is 5.51. The van der Waals surface area contributed by atoms with Crippen LogP contribution in [0.2, 0.25) is 0 Å². The molecule has 30 heavy (non-hydrogen) atoms. The molecule has 2 aliphatic rings. The molecule has 2 heterocycles. The van der Waals surface area contributed by atoms with Crippen LogP contribution in [0.15, 0.2) is 48.7 Å². The smallest absolute Gasteiger partial charge is 0.123 e. The number of fused-ring (bicyclic) bond motifs is 1. The molecule has 1 aromatic heterocycles. The number of methoxy groups -OCH3 is 1. The van der Waals surface area contributed by atoms with Gasteiger partial charge in [-0.2, -0.15) is 0 Å². The van der Waals surface area contributed by atoms with Gasteiger partial charge in [-0.1, -0.05) is 18.2 Å². The van der Waals surface area contributed by atoms with Crippen LogP contribution < -0.4 is 4.74 Å². The maximum atomic E-state index is 13.7. The Morgan fingerprint density at radius 3 is 2.40 bits per heavy atom. The molecule has 0 bridgehead atoms. The van der Waals surface area contributed by atoms with Crippen molar-refractivity contribution in [1.29, 1.82) is 0 Å². The topological polar surface area (TPSA) is 28.3 Å². The Balaban J connectivity index is 1.19. The van der Waals surface area contributed by atoms with E-state index in [2.05, 4.69) is 40.3 Å². The summed E-state index contributed by atoms with van der Waals surface area (Å²) in [4.78, 5) is 6.05. The zero-order chi connectivity index (χ0) is 20.5. The SMILES string of the molecule is COc1ccccc1C1CCN(C2CCC(c3c[nH]c4ccc(F)cc34)CC2)CC1. The van der Waals surface area contributed by atoms with Crippen LogP contribution in [0.4, 0.5) is 4.39 Å². The highest BCUT2D eigenvalue weighted by atomic mass is 19.1. The van der Waals surface area contributed by atoms with E-state index in [-0.39, 0.29) is 5.82 Å². The van der Waals surface area contributed by atoms with Crippen molar-refractivity contribution in [1.82, 2.24) is 9.88 Å². The predicted octanol–water partition coefficient (Wildman–Crippen LogP) is 6.22. The summed E-state index contributed by atoms with van der Waals surface area (Å²) >= 11 is 0. The lowest BCUT2D eigenvalue weighted by Gasteiger charge is -2.41. The number of hydrogen-bond donors (Lipinski definition) is 1. The number of para-hydroxylation sites is 1. The monoisotopic (exact) mass is 406 g/mol. The zero-order valence-electron chi connectivity index (χ0n) is 17.7. The molecular formula is C26H31FN2O. The van der Waals surface area contributed by atoms with E-state index in [1.807, 2.05) is 6.07 Å². The first-order valence-electron chi connectivity index (χ1n) is 11.4. The molecule has 1 saturated carbocycles. The Labute approximate surface area is 178 Å². The number of hydrogen-bond acceptors (Lipinski definition) is 2. The number of piperidine rings is 1. The molecule has 0 radical (unpaired) electrons. The van der Waals surface area contributed by atoms with Gasteiger partial charge in [0, 0.05) is 23.1 Å². The summed E-state index contributed by atoms with van der Waals surface area (Å²) in [5.41, 5.74) is 3.72. The van der Waals surface area contributed by atoms with Crippen molar-refractivity contribution >= 4 is 10.9 Å². The van der Waals surface area contributed by atoms with Crippen LogP contribution in [-0.4, -0.2) is 36.1 Å². The van der Waals surface area contributed by atoms with E-state index in [9.17, 15) is 4.39 Å². The molecule has 0 spiro atoms. The number of ether oxygens (including phenoxy) is 1. The second kappa shape index (κ2) is 8.43. The molecule has 2 aromatic carbocycles. The van der Waals surface area contributed by atoms with Gasteiger partial charge in [-0.3, -0.25) is 0 Å². The zero-order valence-corrected chi connectivity index (χ0v) is 17.7. The lowest BCUT2D eigenvalue weighted by atomic mass is 9.80. The average molecular weight is 407 g/mol. The van der Waals surface area contributed by atoms with Gasteiger partial charge in [0.1, 0.15) is 11.6 Å². The van der Waals surface area contributed by atoms with Crippen molar-refractivity contribution in [3.8, 4) is 5.75 Å². The van der Waals surface area contributed by atoms with Gasteiger partial charge < -0.3 is 14.6 Å². The lowest BCUT2D eigenvalue weighted by Crippen LogP contribution is -2.42. The van der Waals surface area contributed by atoms with E-state index in [1.54, 1.807) is 13.2 Å². The van der Waals surface area contributed by atoms with Crippen LogP contribution in [0.25, 0.3) is 10.9 Å². The Bertz CT molecular complexity index is 997. The number of rotatable bonds is 4. The van der Waals surface area contributed by atoms with Crippen molar-refractivity contribution < 1.29 is 9.13 Å². The summed E-state index contributed by atoms with van der Waals surface area (Å²) in [5, 5.41) is 1.07. The molecule has 1 N–H and O–H groups in total. The Morgan fingerprint density at radius 1 is 0.900 bits per heavy atom. The van der Waals surface area contributed by atoms with Gasteiger partial charge in [0.15, 0.2) is 0 Å². The van der Waals surface area contributed by atoms with Crippen LogP contribution in [0, 0.1) is 5.82 Å². The number of H-pyrrole nitrogens is 1. The first-order chi connectivity index (χ1) is 14.7. The minimum Gasteiger partial charge on any atom is -0.496 e. The second-order valence-corrected chi connectivity index (χ2v) is 8.99. The van der Waals surface area contributed by atoms with Crippen molar-refractivity contribution in [2.75, 3.05) is 20.2 Å². The van der Waals surface area contributed by atoms with Gasteiger partial charge >= 0.3 is 0 Å². The summed E-state index contributed by atoms with van der Waals surface area (Å²) in [5.74, 6) is 2.04.